The van der Waals surface area contributed by atoms with Crippen molar-refractivity contribution in [1.29, 1.82) is 0 Å². The molecule has 0 aliphatic heterocycles. The fourth-order valence-electron chi connectivity index (χ4n) is 1.94. The van der Waals surface area contributed by atoms with E-state index < -0.39 is 0 Å². The highest BCUT2D eigenvalue weighted by molar-refractivity contribution is 6.30. The summed E-state index contributed by atoms with van der Waals surface area (Å²) < 4.78 is 0. The zero-order valence-corrected chi connectivity index (χ0v) is 11.3. The summed E-state index contributed by atoms with van der Waals surface area (Å²) in [6, 6.07) is 14.0. The van der Waals surface area contributed by atoms with Gasteiger partial charge in [-0.25, -0.2) is 0 Å². The molecule has 0 spiro atoms. The van der Waals surface area contributed by atoms with Crippen LogP contribution < -0.4 is 11.1 Å². The van der Waals surface area contributed by atoms with E-state index in [1.165, 1.54) is 5.56 Å². The SMILES string of the molecule is Cc1cc(N)ccc1NC(C)c1cccc(Cl)c1. The van der Waals surface area contributed by atoms with E-state index in [-0.39, 0.29) is 6.04 Å². The first kappa shape index (κ1) is 12.8. The smallest absolute Gasteiger partial charge is 0.0486 e. The van der Waals surface area contributed by atoms with Gasteiger partial charge in [-0.15, -0.1) is 0 Å². The number of benzene rings is 2. The van der Waals surface area contributed by atoms with E-state index in [0.29, 0.717) is 0 Å². The van der Waals surface area contributed by atoms with Gasteiger partial charge in [-0.05, 0) is 55.3 Å². The molecule has 0 saturated heterocycles. The predicted octanol–water partition coefficient (Wildman–Crippen LogP) is 4.40. The molecule has 0 fully saturated rings. The Balaban J connectivity index is 2.18. The fraction of sp³-hybridized carbons (Fsp3) is 0.200. The number of halogens is 1. The molecule has 2 aromatic carbocycles. The molecule has 3 heteroatoms. The molecule has 94 valence electrons. The number of rotatable bonds is 3. The Bertz CT molecular complexity index is 552. The van der Waals surface area contributed by atoms with E-state index in [1.807, 2.05) is 43.3 Å². The molecule has 0 aliphatic carbocycles. The van der Waals surface area contributed by atoms with E-state index in [9.17, 15) is 0 Å². The van der Waals surface area contributed by atoms with Crippen molar-refractivity contribution in [3.05, 3.63) is 58.6 Å². The first-order valence-electron chi connectivity index (χ1n) is 5.94. The lowest BCUT2D eigenvalue weighted by atomic mass is 10.1. The lowest BCUT2D eigenvalue weighted by Crippen LogP contribution is -2.07. The normalized spacial score (nSPS) is 12.2. The third-order valence-corrected chi connectivity index (χ3v) is 3.21. The van der Waals surface area contributed by atoms with Gasteiger partial charge < -0.3 is 11.1 Å². The summed E-state index contributed by atoms with van der Waals surface area (Å²) in [7, 11) is 0. The monoisotopic (exact) mass is 260 g/mol. The second-order valence-corrected chi connectivity index (χ2v) is 4.93. The summed E-state index contributed by atoms with van der Waals surface area (Å²) in [6.07, 6.45) is 0. The number of nitrogen functional groups attached to an aromatic ring is 1. The summed E-state index contributed by atoms with van der Waals surface area (Å²) in [4.78, 5) is 0. The molecular formula is C15H17ClN2. The summed E-state index contributed by atoms with van der Waals surface area (Å²) >= 11 is 6.00. The average molecular weight is 261 g/mol. The quantitative estimate of drug-likeness (QED) is 0.803. The van der Waals surface area contributed by atoms with Crippen LogP contribution in [-0.4, -0.2) is 0 Å². The van der Waals surface area contributed by atoms with Gasteiger partial charge in [-0.1, -0.05) is 23.7 Å². The van der Waals surface area contributed by atoms with Crippen molar-refractivity contribution in [2.75, 3.05) is 11.1 Å². The zero-order chi connectivity index (χ0) is 13.1. The van der Waals surface area contributed by atoms with Crippen molar-refractivity contribution in [2.24, 2.45) is 0 Å². The standard InChI is InChI=1S/C15H17ClN2/c1-10-8-14(17)6-7-15(10)18-11(2)12-4-3-5-13(16)9-12/h3-9,11,18H,17H2,1-2H3. The minimum atomic E-state index is 0.200. The molecule has 2 aromatic rings. The predicted molar refractivity (Wildman–Crippen MR) is 79.1 cm³/mol. The number of aryl methyl sites for hydroxylation is 1. The second kappa shape index (κ2) is 5.32. The Morgan fingerprint density at radius 1 is 1.17 bits per heavy atom. The molecule has 1 atom stereocenters. The summed E-state index contributed by atoms with van der Waals surface area (Å²) in [5.74, 6) is 0. The van der Waals surface area contributed by atoms with E-state index in [1.54, 1.807) is 0 Å². The van der Waals surface area contributed by atoms with Crippen molar-refractivity contribution < 1.29 is 0 Å². The van der Waals surface area contributed by atoms with Gasteiger partial charge in [0, 0.05) is 22.4 Å². The van der Waals surface area contributed by atoms with Crippen LogP contribution in [0.4, 0.5) is 11.4 Å². The molecule has 0 amide bonds. The highest BCUT2D eigenvalue weighted by Gasteiger charge is 2.07. The first-order chi connectivity index (χ1) is 8.56. The van der Waals surface area contributed by atoms with Crippen molar-refractivity contribution in [3.8, 4) is 0 Å². The number of hydrogen-bond acceptors (Lipinski definition) is 2. The molecule has 0 saturated carbocycles. The maximum atomic E-state index is 6.00. The van der Waals surface area contributed by atoms with Crippen LogP contribution in [0.2, 0.25) is 5.02 Å². The van der Waals surface area contributed by atoms with Crippen LogP contribution >= 0.6 is 11.6 Å². The van der Waals surface area contributed by atoms with Crippen molar-refractivity contribution in [2.45, 2.75) is 19.9 Å². The topological polar surface area (TPSA) is 38.0 Å². The van der Waals surface area contributed by atoms with Crippen molar-refractivity contribution in [1.82, 2.24) is 0 Å². The molecule has 0 bridgehead atoms. The molecule has 0 heterocycles. The Labute approximate surface area is 113 Å². The first-order valence-corrected chi connectivity index (χ1v) is 6.32. The van der Waals surface area contributed by atoms with E-state index >= 15 is 0 Å². The van der Waals surface area contributed by atoms with Crippen LogP contribution in [0.3, 0.4) is 0 Å². The van der Waals surface area contributed by atoms with Crippen LogP contribution in [0.5, 0.6) is 0 Å². The maximum Gasteiger partial charge on any atom is 0.0486 e. The van der Waals surface area contributed by atoms with Gasteiger partial charge in [0.25, 0.3) is 0 Å². The van der Waals surface area contributed by atoms with E-state index in [0.717, 1.165) is 22.0 Å². The summed E-state index contributed by atoms with van der Waals surface area (Å²) in [5.41, 5.74) is 9.93. The highest BCUT2D eigenvalue weighted by atomic mass is 35.5. The van der Waals surface area contributed by atoms with Gasteiger partial charge in [-0.3, -0.25) is 0 Å². The number of nitrogens with one attached hydrogen (secondary N) is 1. The van der Waals surface area contributed by atoms with Gasteiger partial charge in [0.05, 0.1) is 0 Å². The minimum Gasteiger partial charge on any atom is -0.399 e. The average Bonchev–Trinajstić information content (AvgIpc) is 2.32. The largest absolute Gasteiger partial charge is 0.399 e. The molecule has 3 N–H and O–H groups in total. The third-order valence-electron chi connectivity index (χ3n) is 2.97. The molecule has 0 aliphatic rings. The minimum absolute atomic E-state index is 0.200. The van der Waals surface area contributed by atoms with Crippen LogP contribution in [0.15, 0.2) is 42.5 Å². The van der Waals surface area contributed by atoms with Crippen molar-refractivity contribution >= 4 is 23.0 Å². The zero-order valence-electron chi connectivity index (χ0n) is 10.6. The lowest BCUT2D eigenvalue weighted by molar-refractivity contribution is 0.883. The number of nitrogens with two attached hydrogens (primary N) is 1. The summed E-state index contributed by atoms with van der Waals surface area (Å²) in [6.45, 7) is 4.16. The van der Waals surface area contributed by atoms with Crippen molar-refractivity contribution in [3.63, 3.8) is 0 Å². The fourth-order valence-corrected chi connectivity index (χ4v) is 2.14. The van der Waals surface area contributed by atoms with Crippen LogP contribution in [0.25, 0.3) is 0 Å². The molecule has 2 nitrogen and oxygen atoms in total. The molecule has 0 radical (unpaired) electrons. The Hall–Kier alpha value is -1.67. The number of anilines is 2. The van der Waals surface area contributed by atoms with E-state index in [2.05, 4.69) is 18.3 Å². The Kier molecular flexibility index (Phi) is 3.78. The van der Waals surface area contributed by atoms with Crippen LogP contribution in [0, 0.1) is 6.92 Å². The summed E-state index contributed by atoms with van der Waals surface area (Å²) in [5, 5.41) is 4.23. The molecular weight excluding hydrogens is 244 g/mol. The number of hydrogen-bond donors (Lipinski definition) is 2. The molecule has 0 aromatic heterocycles. The Morgan fingerprint density at radius 3 is 2.61 bits per heavy atom. The second-order valence-electron chi connectivity index (χ2n) is 4.50. The van der Waals surface area contributed by atoms with Gasteiger partial charge in [0.2, 0.25) is 0 Å². The van der Waals surface area contributed by atoms with Gasteiger partial charge in [0.15, 0.2) is 0 Å². The highest BCUT2D eigenvalue weighted by Crippen LogP contribution is 2.24. The maximum absolute atomic E-state index is 6.00. The van der Waals surface area contributed by atoms with Gasteiger partial charge in [0.1, 0.15) is 0 Å². The molecule has 18 heavy (non-hydrogen) atoms. The Morgan fingerprint density at radius 2 is 1.94 bits per heavy atom. The van der Waals surface area contributed by atoms with Gasteiger partial charge >= 0.3 is 0 Å². The molecule has 2 rings (SSSR count). The lowest BCUT2D eigenvalue weighted by Gasteiger charge is -2.18. The van der Waals surface area contributed by atoms with Gasteiger partial charge in [-0.2, -0.15) is 0 Å². The molecule has 1 unspecified atom stereocenters. The third kappa shape index (κ3) is 2.96. The van der Waals surface area contributed by atoms with Crippen LogP contribution in [0.1, 0.15) is 24.1 Å². The van der Waals surface area contributed by atoms with E-state index in [4.69, 9.17) is 17.3 Å². The van der Waals surface area contributed by atoms with Crippen LogP contribution in [-0.2, 0) is 0 Å².